The Morgan fingerprint density at radius 1 is 1.18 bits per heavy atom. The van der Waals surface area contributed by atoms with Gasteiger partial charge in [-0.15, -0.1) is 0 Å². The Kier molecular flexibility index (Phi) is 11.0. The maximum Gasteiger partial charge on any atom is 0.341 e. The van der Waals surface area contributed by atoms with Gasteiger partial charge in [-0.05, 0) is 51.6 Å². The molecule has 0 saturated carbocycles. The lowest BCUT2D eigenvalue weighted by atomic mass is 9.93. The number of unbranched alkanes of at least 4 members (excludes halogenated alkanes) is 1. The van der Waals surface area contributed by atoms with Gasteiger partial charge in [0, 0.05) is 30.6 Å². The van der Waals surface area contributed by atoms with Crippen molar-refractivity contribution in [2.45, 2.75) is 59.0 Å². The van der Waals surface area contributed by atoms with Crippen LogP contribution in [-0.2, 0) is 36.8 Å². The van der Waals surface area contributed by atoms with Crippen molar-refractivity contribution in [3.63, 3.8) is 0 Å². The normalized spacial score (nSPS) is 15.8. The molecule has 1 N–H and O–H groups in total. The average molecular weight is 539 g/mol. The molecule has 1 fully saturated rings. The molecule has 11 heteroatoms. The molecule has 0 unspecified atom stereocenters. The number of allylic oxidation sites excluding steroid dienone is 2. The summed E-state index contributed by atoms with van der Waals surface area (Å²) in [4.78, 5) is 38.7. The minimum absolute atomic E-state index is 0.0294. The van der Waals surface area contributed by atoms with E-state index in [1.807, 2.05) is 13.0 Å². The number of hydrogen-bond acceptors (Lipinski definition) is 8. The van der Waals surface area contributed by atoms with Crippen LogP contribution in [0.15, 0.2) is 11.6 Å². The summed E-state index contributed by atoms with van der Waals surface area (Å²) in [5, 5.41) is 2.19. The number of nitrogens with zero attached hydrogens (tertiary/aromatic N) is 1. The average Bonchev–Trinajstić information content (AvgIpc) is 3.29. The number of methoxy groups -OCH3 is 1. The van der Waals surface area contributed by atoms with E-state index in [4.69, 9.17) is 18.9 Å². The standard InChI is InChI=1S/C27H36F2N2O7/c1-17(7-9-21(32)37-13-5-4-10-31-11-14-36-15-12-31)6-8-19-23(30-26(33)25(28)29)22-20(16-38-27(22)34)18(2)24(19)35-3/h6,25H,4-5,7-16H2,1-3H3,(H,30,33)/b17-6+. The zero-order valence-electron chi connectivity index (χ0n) is 22.2. The minimum Gasteiger partial charge on any atom is -0.496 e. The number of ether oxygens (including phenoxy) is 4. The number of fused-ring (bicyclic) bond motifs is 1. The number of benzene rings is 1. The monoisotopic (exact) mass is 538 g/mol. The summed E-state index contributed by atoms with van der Waals surface area (Å²) in [6.45, 7) is 8.30. The summed E-state index contributed by atoms with van der Waals surface area (Å²) in [5.41, 5.74) is 2.42. The molecule has 0 atom stereocenters. The summed E-state index contributed by atoms with van der Waals surface area (Å²) < 4.78 is 47.4. The van der Waals surface area contributed by atoms with Crippen LogP contribution >= 0.6 is 0 Å². The number of cyclic esters (lactones) is 1. The highest BCUT2D eigenvalue weighted by Crippen LogP contribution is 2.41. The van der Waals surface area contributed by atoms with Crippen molar-refractivity contribution in [2.24, 2.45) is 0 Å². The van der Waals surface area contributed by atoms with E-state index in [1.165, 1.54) is 7.11 Å². The summed E-state index contributed by atoms with van der Waals surface area (Å²) >= 11 is 0. The van der Waals surface area contributed by atoms with E-state index in [0.717, 1.165) is 51.3 Å². The summed E-state index contributed by atoms with van der Waals surface area (Å²) in [5.74, 6) is -2.12. The number of nitrogens with one attached hydrogen (secondary N) is 1. The van der Waals surface area contributed by atoms with Crippen LogP contribution in [0.5, 0.6) is 5.75 Å². The van der Waals surface area contributed by atoms with Crippen molar-refractivity contribution in [2.75, 3.05) is 51.9 Å². The van der Waals surface area contributed by atoms with Crippen molar-refractivity contribution in [3.05, 3.63) is 33.9 Å². The second-order valence-corrected chi connectivity index (χ2v) is 9.37. The fraction of sp³-hybridized carbons (Fsp3) is 0.593. The third-order valence-electron chi connectivity index (χ3n) is 6.74. The molecule has 9 nitrogen and oxygen atoms in total. The lowest BCUT2D eigenvalue weighted by Gasteiger charge is -2.26. The topological polar surface area (TPSA) is 103 Å². The Balaban J connectivity index is 1.58. The van der Waals surface area contributed by atoms with Gasteiger partial charge in [-0.1, -0.05) is 11.6 Å². The van der Waals surface area contributed by atoms with Crippen molar-refractivity contribution < 1.29 is 42.1 Å². The van der Waals surface area contributed by atoms with Crippen molar-refractivity contribution in [1.29, 1.82) is 0 Å². The molecule has 210 valence electrons. The van der Waals surface area contributed by atoms with Crippen LogP contribution in [0.3, 0.4) is 0 Å². The minimum atomic E-state index is -3.26. The largest absolute Gasteiger partial charge is 0.496 e. The lowest BCUT2D eigenvalue weighted by Crippen LogP contribution is -2.36. The molecule has 0 spiro atoms. The van der Waals surface area contributed by atoms with Crippen molar-refractivity contribution >= 4 is 23.5 Å². The highest BCUT2D eigenvalue weighted by atomic mass is 19.3. The lowest BCUT2D eigenvalue weighted by molar-refractivity contribution is -0.143. The first-order valence-electron chi connectivity index (χ1n) is 12.8. The molecule has 2 heterocycles. The predicted octanol–water partition coefficient (Wildman–Crippen LogP) is 3.80. The van der Waals surface area contributed by atoms with Gasteiger partial charge in [0.25, 0.3) is 5.91 Å². The van der Waals surface area contributed by atoms with Gasteiger partial charge in [0.1, 0.15) is 12.4 Å². The zero-order valence-corrected chi connectivity index (χ0v) is 22.2. The number of esters is 2. The maximum atomic E-state index is 13.0. The highest BCUT2D eigenvalue weighted by Gasteiger charge is 2.33. The third-order valence-corrected chi connectivity index (χ3v) is 6.74. The van der Waals surface area contributed by atoms with E-state index in [0.29, 0.717) is 35.5 Å². The molecule has 2 aliphatic rings. The first kappa shape index (κ1) is 29.5. The fourth-order valence-electron chi connectivity index (χ4n) is 4.57. The number of carbonyl (C=O) groups excluding carboxylic acids is 3. The van der Waals surface area contributed by atoms with Crippen molar-refractivity contribution in [1.82, 2.24) is 4.90 Å². The van der Waals surface area contributed by atoms with Crippen LogP contribution in [0.1, 0.15) is 59.7 Å². The van der Waals surface area contributed by atoms with Gasteiger partial charge in [-0.3, -0.25) is 14.5 Å². The Hall–Kier alpha value is -3.05. The molecular weight excluding hydrogens is 502 g/mol. The second-order valence-electron chi connectivity index (χ2n) is 9.37. The van der Waals surface area contributed by atoms with Crippen LogP contribution in [0.4, 0.5) is 14.5 Å². The first-order valence-corrected chi connectivity index (χ1v) is 12.8. The van der Waals surface area contributed by atoms with E-state index >= 15 is 0 Å². The van der Waals surface area contributed by atoms with Gasteiger partial charge in [-0.2, -0.15) is 8.78 Å². The van der Waals surface area contributed by atoms with Crippen LogP contribution in [0.2, 0.25) is 0 Å². The van der Waals surface area contributed by atoms with E-state index < -0.39 is 18.3 Å². The quantitative estimate of drug-likeness (QED) is 0.230. The Morgan fingerprint density at radius 3 is 2.61 bits per heavy atom. The zero-order chi connectivity index (χ0) is 27.7. The fourth-order valence-corrected chi connectivity index (χ4v) is 4.57. The number of rotatable bonds is 13. The number of carbonyl (C=O) groups is 3. The molecule has 38 heavy (non-hydrogen) atoms. The Labute approximate surface area is 221 Å². The maximum absolute atomic E-state index is 13.0. The summed E-state index contributed by atoms with van der Waals surface area (Å²) in [6, 6.07) is 0. The van der Waals surface area contributed by atoms with Crippen molar-refractivity contribution in [3.8, 4) is 5.75 Å². The summed E-state index contributed by atoms with van der Waals surface area (Å²) in [6.07, 6.45) is 1.14. The van der Waals surface area contributed by atoms with E-state index in [9.17, 15) is 23.2 Å². The molecule has 1 amide bonds. The SMILES string of the molecule is COc1c(C)c2c(c(NC(=O)C(F)F)c1C/C=C(\C)CCC(=O)OCCCCN1CCOCC1)C(=O)OC2. The predicted molar refractivity (Wildman–Crippen MR) is 136 cm³/mol. The number of anilines is 1. The second kappa shape index (κ2) is 14.2. The first-order chi connectivity index (χ1) is 18.2. The smallest absolute Gasteiger partial charge is 0.341 e. The molecule has 0 radical (unpaired) electrons. The Morgan fingerprint density at radius 2 is 1.92 bits per heavy atom. The summed E-state index contributed by atoms with van der Waals surface area (Å²) in [7, 11) is 1.43. The van der Waals surface area contributed by atoms with Gasteiger partial charge in [0.2, 0.25) is 0 Å². The molecule has 1 aromatic carbocycles. The van der Waals surface area contributed by atoms with Crippen LogP contribution in [0.25, 0.3) is 0 Å². The van der Waals surface area contributed by atoms with E-state index in [2.05, 4.69) is 10.2 Å². The molecule has 0 aromatic heterocycles. The molecule has 0 aliphatic carbocycles. The van der Waals surface area contributed by atoms with E-state index in [-0.39, 0.29) is 36.7 Å². The molecule has 3 rings (SSSR count). The van der Waals surface area contributed by atoms with Crippen LogP contribution in [-0.4, -0.2) is 75.7 Å². The van der Waals surface area contributed by atoms with Gasteiger partial charge in [0.05, 0.1) is 38.2 Å². The number of hydrogen-bond donors (Lipinski definition) is 1. The van der Waals surface area contributed by atoms with Gasteiger partial charge in [0.15, 0.2) is 0 Å². The molecular formula is C27H36F2N2O7. The number of alkyl halides is 2. The van der Waals surface area contributed by atoms with Gasteiger partial charge < -0.3 is 24.3 Å². The third kappa shape index (κ3) is 7.73. The molecule has 1 aromatic rings. The van der Waals surface area contributed by atoms with Crippen LogP contribution < -0.4 is 10.1 Å². The number of morpholine rings is 1. The van der Waals surface area contributed by atoms with Crippen LogP contribution in [0, 0.1) is 6.92 Å². The molecule has 2 aliphatic heterocycles. The van der Waals surface area contributed by atoms with Gasteiger partial charge in [-0.25, -0.2) is 4.79 Å². The number of halogens is 2. The molecule has 1 saturated heterocycles. The van der Waals surface area contributed by atoms with E-state index in [1.54, 1.807) is 6.92 Å². The number of amides is 1. The molecule has 0 bridgehead atoms. The highest BCUT2D eigenvalue weighted by molar-refractivity contribution is 6.06. The Bertz CT molecular complexity index is 1050. The van der Waals surface area contributed by atoms with Gasteiger partial charge >= 0.3 is 18.4 Å².